The molecule has 1 aromatic rings. The van der Waals surface area contributed by atoms with E-state index in [2.05, 4.69) is 9.98 Å². The number of hydrogen-bond donors (Lipinski definition) is 0. The minimum atomic E-state index is -0.656. The van der Waals surface area contributed by atoms with Gasteiger partial charge in [0, 0.05) is 6.07 Å². The maximum atomic E-state index is 10.2. The predicted octanol–water partition coefficient (Wildman–Crippen LogP) is 1.66. The summed E-state index contributed by atoms with van der Waals surface area (Å²) in [6, 6.07) is 5.34. The van der Waals surface area contributed by atoms with Crippen LogP contribution in [-0.4, -0.2) is 18.2 Å². The van der Waals surface area contributed by atoms with Crippen molar-refractivity contribution in [3.05, 3.63) is 23.9 Å². The van der Waals surface area contributed by atoms with E-state index in [1.807, 2.05) is 6.07 Å². The van der Waals surface area contributed by atoms with Crippen LogP contribution in [0.2, 0.25) is 0 Å². The number of carbonyl (C=O) groups excluding carboxylic acids is 1. The number of methoxy groups -OCH3 is 1. The third kappa shape index (κ3) is 2.18. The SMILES string of the molecule is COc1cccc(C(C)(C)N=C=O)n1. The Hall–Kier alpha value is -1.67. The maximum Gasteiger partial charge on any atom is 0.235 e. The monoisotopic (exact) mass is 192 g/mol. The molecule has 0 spiro atoms. The minimum absolute atomic E-state index is 0.511. The molecule has 0 bridgehead atoms. The number of aromatic nitrogens is 1. The summed E-state index contributed by atoms with van der Waals surface area (Å²) in [7, 11) is 1.54. The fourth-order valence-corrected chi connectivity index (χ4v) is 1.04. The van der Waals surface area contributed by atoms with Crippen LogP contribution >= 0.6 is 0 Å². The van der Waals surface area contributed by atoms with E-state index < -0.39 is 5.54 Å². The Morgan fingerprint density at radius 3 is 2.79 bits per heavy atom. The molecule has 0 radical (unpaired) electrons. The summed E-state index contributed by atoms with van der Waals surface area (Å²) in [6.45, 7) is 3.58. The van der Waals surface area contributed by atoms with Crippen molar-refractivity contribution in [2.45, 2.75) is 19.4 Å². The van der Waals surface area contributed by atoms with E-state index >= 15 is 0 Å². The summed E-state index contributed by atoms with van der Waals surface area (Å²) in [6.07, 6.45) is 1.54. The smallest absolute Gasteiger partial charge is 0.235 e. The van der Waals surface area contributed by atoms with Gasteiger partial charge in [-0.1, -0.05) is 6.07 Å². The van der Waals surface area contributed by atoms with E-state index in [4.69, 9.17) is 4.74 Å². The first-order valence-corrected chi connectivity index (χ1v) is 4.20. The Balaban J connectivity index is 3.11. The lowest BCUT2D eigenvalue weighted by atomic mass is 10.0. The highest BCUT2D eigenvalue weighted by atomic mass is 16.5. The van der Waals surface area contributed by atoms with E-state index in [1.54, 1.807) is 33.1 Å². The molecule has 14 heavy (non-hydrogen) atoms. The standard InChI is InChI=1S/C10H12N2O2/c1-10(2,11-7-13)8-5-4-6-9(12-8)14-3/h4-6H,1-3H3. The topological polar surface area (TPSA) is 51.5 Å². The van der Waals surface area contributed by atoms with Crippen LogP contribution in [0, 0.1) is 0 Å². The Kier molecular flexibility index (Phi) is 2.99. The van der Waals surface area contributed by atoms with Crippen molar-refractivity contribution in [1.82, 2.24) is 4.98 Å². The van der Waals surface area contributed by atoms with Crippen LogP contribution in [0.3, 0.4) is 0 Å². The zero-order valence-electron chi connectivity index (χ0n) is 8.44. The lowest BCUT2D eigenvalue weighted by Gasteiger charge is -2.16. The summed E-state index contributed by atoms with van der Waals surface area (Å²) in [5.41, 5.74) is 0.0243. The molecule has 1 aromatic heterocycles. The normalized spacial score (nSPS) is 10.5. The van der Waals surface area contributed by atoms with Crippen molar-refractivity contribution in [2.24, 2.45) is 4.99 Å². The summed E-state index contributed by atoms with van der Waals surface area (Å²) in [4.78, 5) is 18.1. The summed E-state index contributed by atoms with van der Waals surface area (Å²) >= 11 is 0. The van der Waals surface area contributed by atoms with Crippen LogP contribution < -0.4 is 4.74 Å². The molecule has 0 aliphatic rings. The molecule has 4 heteroatoms. The van der Waals surface area contributed by atoms with Gasteiger partial charge in [0.1, 0.15) is 5.54 Å². The van der Waals surface area contributed by atoms with Crippen molar-refractivity contribution in [3.8, 4) is 5.88 Å². The van der Waals surface area contributed by atoms with Crippen LogP contribution in [0.1, 0.15) is 19.5 Å². The molecular weight excluding hydrogens is 180 g/mol. The number of ether oxygens (including phenoxy) is 1. The first-order valence-electron chi connectivity index (χ1n) is 4.20. The van der Waals surface area contributed by atoms with E-state index in [0.29, 0.717) is 11.6 Å². The molecule has 74 valence electrons. The Morgan fingerprint density at radius 2 is 2.21 bits per heavy atom. The van der Waals surface area contributed by atoms with Gasteiger partial charge in [0.2, 0.25) is 12.0 Å². The van der Waals surface area contributed by atoms with Crippen LogP contribution in [0.4, 0.5) is 0 Å². The largest absolute Gasteiger partial charge is 0.481 e. The second-order valence-electron chi connectivity index (χ2n) is 3.33. The first-order chi connectivity index (χ1) is 6.60. The number of pyridine rings is 1. The van der Waals surface area contributed by atoms with E-state index in [1.165, 1.54) is 6.08 Å². The van der Waals surface area contributed by atoms with Crippen molar-refractivity contribution in [1.29, 1.82) is 0 Å². The molecule has 0 unspecified atom stereocenters. The van der Waals surface area contributed by atoms with Crippen LogP contribution in [0.5, 0.6) is 5.88 Å². The number of nitrogens with zero attached hydrogens (tertiary/aromatic N) is 2. The molecule has 0 fully saturated rings. The second kappa shape index (κ2) is 4.03. The molecule has 0 atom stereocenters. The quantitative estimate of drug-likeness (QED) is 0.540. The first kappa shape index (κ1) is 10.4. The molecule has 0 saturated heterocycles. The molecule has 0 aliphatic heterocycles. The molecule has 0 aliphatic carbocycles. The molecule has 0 saturated carbocycles. The Bertz CT molecular complexity index is 368. The molecule has 1 rings (SSSR count). The fourth-order valence-electron chi connectivity index (χ4n) is 1.04. The van der Waals surface area contributed by atoms with Gasteiger partial charge in [0.15, 0.2) is 0 Å². The van der Waals surface area contributed by atoms with Crippen LogP contribution in [0.25, 0.3) is 0 Å². The number of aliphatic imine (C=N–C) groups is 1. The highest BCUT2D eigenvalue weighted by Gasteiger charge is 2.21. The lowest BCUT2D eigenvalue weighted by Crippen LogP contribution is -2.15. The van der Waals surface area contributed by atoms with Crippen LogP contribution in [-0.2, 0) is 10.3 Å². The van der Waals surface area contributed by atoms with Gasteiger partial charge in [-0.2, -0.15) is 4.99 Å². The molecule has 0 aromatic carbocycles. The average Bonchev–Trinajstić information content (AvgIpc) is 2.18. The molecule has 0 N–H and O–H groups in total. The predicted molar refractivity (Wildman–Crippen MR) is 51.9 cm³/mol. The molecular formula is C10H12N2O2. The molecule has 1 heterocycles. The van der Waals surface area contributed by atoms with E-state index in [9.17, 15) is 4.79 Å². The van der Waals surface area contributed by atoms with Gasteiger partial charge in [-0.05, 0) is 19.9 Å². The van der Waals surface area contributed by atoms with Crippen molar-refractivity contribution < 1.29 is 9.53 Å². The van der Waals surface area contributed by atoms with Gasteiger partial charge in [0.05, 0.1) is 12.8 Å². The van der Waals surface area contributed by atoms with Crippen molar-refractivity contribution >= 4 is 6.08 Å². The van der Waals surface area contributed by atoms with Crippen molar-refractivity contribution in [3.63, 3.8) is 0 Å². The summed E-state index contributed by atoms with van der Waals surface area (Å²) in [5, 5.41) is 0. The highest BCUT2D eigenvalue weighted by molar-refractivity contribution is 5.36. The number of rotatable bonds is 3. The average molecular weight is 192 g/mol. The van der Waals surface area contributed by atoms with E-state index in [-0.39, 0.29) is 0 Å². The second-order valence-corrected chi connectivity index (χ2v) is 3.33. The zero-order valence-corrected chi connectivity index (χ0v) is 8.44. The van der Waals surface area contributed by atoms with E-state index in [0.717, 1.165) is 0 Å². The summed E-state index contributed by atoms with van der Waals surface area (Å²) < 4.78 is 4.98. The van der Waals surface area contributed by atoms with Crippen molar-refractivity contribution in [2.75, 3.05) is 7.11 Å². The number of hydrogen-bond acceptors (Lipinski definition) is 4. The number of isocyanates is 1. The highest BCUT2D eigenvalue weighted by Crippen LogP contribution is 2.23. The van der Waals surface area contributed by atoms with Gasteiger partial charge in [-0.3, -0.25) is 0 Å². The Labute approximate surface area is 82.6 Å². The van der Waals surface area contributed by atoms with Gasteiger partial charge in [-0.15, -0.1) is 0 Å². The Morgan fingerprint density at radius 1 is 1.50 bits per heavy atom. The maximum absolute atomic E-state index is 10.2. The minimum Gasteiger partial charge on any atom is -0.481 e. The fraction of sp³-hybridized carbons (Fsp3) is 0.400. The van der Waals surface area contributed by atoms with Gasteiger partial charge >= 0.3 is 0 Å². The van der Waals surface area contributed by atoms with Gasteiger partial charge < -0.3 is 4.74 Å². The van der Waals surface area contributed by atoms with Gasteiger partial charge in [-0.25, -0.2) is 9.78 Å². The lowest BCUT2D eigenvalue weighted by molar-refractivity contribution is 0.390. The van der Waals surface area contributed by atoms with Crippen LogP contribution in [0.15, 0.2) is 23.2 Å². The summed E-state index contributed by atoms with van der Waals surface area (Å²) in [5.74, 6) is 0.511. The molecule has 4 nitrogen and oxygen atoms in total. The third-order valence-corrected chi connectivity index (χ3v) is 1.88. The van der Waals surface area contributed by atoms with Gasteiger partial charge in [0.25, 0.3) is 0 Å². The zero-order chi connectivity index (χ0) is 10.6. The molecule has 0 amide bonds. The third-order valence-electron chi connectivity index (χ3n) is 1.88.